The molecule has 0 fully saturated rings. The highest BCUT2D eigenvalue weighted by molar-refractivity contribution is 5.45. The number of hydrogen-bond acceptors (Lipinski definition) is 3. The summed E-state index contributed by atoms with van der Waals surface area (Å²) in [4.78, 5) is 0. The summed E-state index contributed by atoms with van der Waals surface area (Å²) in [6, 6.07) is 1.37. The number of anilines is 1. The summed E-state index contributed by atoms with van der Waals surface area (Å²) in [5.41, 5.74) is -0.253. The van der Waals surface area contributed by atoms with Gasteiger partial charge >= 0.3 is 0 Å². The first-order valence-electron chi connectivity index (χ1n) is 5.70. The molecule has 0 spiro atoms. The number of hydrogen-bond donors (Lipinski definition) is 1. The van der Waals surface area contributed by atoms with E-state index in [0.29, 0.717) is 19.3 Å². The monoisotopic (exact) mass is 263 g/mol. The zero-order chi connectivity index (χ0) is 13.5. The molecule has 0 atom stereocenters. The van der Waals surface area contributed by atoms with Gasteiger partial charge in [0.25, 0.3) is 0 Å². The van der Waals surface area contributed by atoms with Gasteiger partial charge in [-0.1, -0.05) is 0 Å². The van der Waals surface area contributed by atoms with Gasteiger partial charge in [-0.25, -0.2) is 13.2 Å². The van der Waals surface area contributed by atoms with Crippen molar-refractivity contribution < 1.29 is 22.6 Å². The maximum atomic E-state index is 13.3. The van der Waals surface area contributed by atoms with Crippen LogP contribution in [0.2, 0.25) is 0 Å². The van der Waals surface area contributed by atoms with Gasteiger partial charge in [0.1, 0.15) is 5.82 Å². The molecule has 0 aliphatic heterocycles. The minimum atomic E-state index is -1.23. The molecule has 1 N–H and O–H groups in total. The molecule has 6 heteroatoms. The van der Waals surface area contributed by atoms with Gasteiger partial charge < -0.3 is 14.8 Å². The lowest BCUT2D eigenvalue weighted by molar-refractivity contribution is -0.126. The zero-order valence-corrected chi connectivity index (χ0v) is 10.3. The molecule has 0 unspecified atom stereocenters. The van der Waals surface area contributed by atoms with E-state index in [1.54, 1.807) is 13.8 Å². The molecule has 0 aromatic heterocycles. The molecule has 102 valence electrons. The number of rotatable bonds is 7. The Hall–Kier alpha value is -1.27. The highest BCUT2D eigenvalue weighted by Crippen LogP contribution is 2.19. The molecule has 0 aliphatic carbocycles. The average molecular weight is 263 g/mol. The highest BCUT2D eigenvalue weighted by atomic mass is 19.2. The van der Waals surface area contributed by atoms with Crippen LogP contribution in [-0.4, -0.2) is 26.0 Å². The summed E-state index contributed by atoms with van der Waals surface area (Å²) < 4.78 is 49.6. The lowest BCUT2D eigenvalue weighted by Gasteiger charge is -2.18. The number of nitrogens with one attached hydrogen (secondary N) is 1. The van der Waals surface area contributed by atoms with Crippen LogP contribution in [0.15, 0.2) is 12.1 Å². The lowest BCUT2D eigenvalue weighted by Crippen LogP contribution is -2.26. The van der Waals surface area contributed by atoms with Crippen LogP contribution in [0.25, 0.3) is 0 Å². The van der Waals surface area contributed by atoms with E-state index >= 15 is 0 Å². The molecule has 1 aromatic rings. The second-order valence-corrected chi connectivity index (χ2v) is 3.47. The maximum absolute atomic E-state index is 13.3. The van der Waals surface area contributed by atoms with Crippen molar-refractivity contribution in [3.05, 3.63) is 29.6 Å². The Bertz CT molecular complexity index is 382. The summed E-state index contributed by atoms with van der Waals surface area (Å²) in [5, 5.41) is 2.56. The average Bonchev–Trinajstić information content (AvgIpc) is 2.32. The number of ether oxygens (including phenoxy) is 2. The predicted molar refractivity (Wildman–Crippen MR) is 61.8 cm³/mol. The third-order valence-electron chi connectivity index (χ3n) is 2.16. The minimum absolute atomic E-state index is 0.0987. The maximum Gasteiger partial charge on any atom is 0.182 e. The van der Waals surface area contributed by atoms with Gasteiger partial charge in [-0.15, -0.1) is 0 Å². The van der Waals surface area contributed by atoms with Gasteiger partial charge in [0.2, 0.25) is 0 Å². The molecule has 0 radical (unpaired) electrons. The van der Waals surface area contributed by atoms with E-state index in [9.17, 15) is 13.2 Å². The molecule has 0 saturated heterocycles. The fraction of sp³-hybridized carbons (Fsp3) is 0.500. The minimum Gasteiger partial charge on any atom is -0.377 e. The van der Waals surface area contributed by atoms with E-state index in [1.165, 1.54) is 0 Å². The van der Waals surface area contributed by atoms with Crippen LogP contribution >= 0.6 is 0 Å². The van der Waals surface area contributed by atoms with Gasteiger partial charge in [-0.3, -0.25) is 0 Å². The first-order chi connectivity index (χ1) is 8.58. The molecule has 3 nitrogen and oxygen atoms in total. The van der Waals surface area contributed by atoms with Gasteiger partial charge in [0.15, 0.2) is 17.9 Å². The fourth-order valence-electron chi connectivity index (χ4n) is 1.42. The van der Waals surface area contributed by atoms with Crippen molar-refractivity contribution in [2.75, 3.05) is 25.1 Å². The quantitative estimate of drug-likeness (QED) is 0.606. The third-order valence-corrected chi connectivity index (χ3v) is 2.16. The fourth-order valence-corrected chi connectivity index (χ4v) is 1.42. The second kappa shape index (κ2) is 7.23. The van der Waals surface area contributed by atoms with Crippen LogP contribution < -0.4 is 5.32 Å². The molecule has 0 saturated carbocycles. The van der Waals surface area contributed by atoms with Crippen molar-refractivity contribution in [1.82, 2.24) is 0 Å². The van der Waals surface area contributed by atoms with Gasteiger partial charge in [0, 0.05) is 25.3 Å². The molecule has 1 rings (SSSR count). The normalized spacial score (nSPS) is 11.0. The Morgan fingerprint density at radius 2 is 1.72 bits per heavy atom. The Kier molecular flexibility index (Phi) is 5.94. The van der Waals surface area contributed by atoms with Crippen molar-refractivity contribution in [2.24, 2.45) is 0 Å². The summed E-state index contributed by atoms with van der Waals surface area (Å²) >= 11 is 0. The predicted octanol–water partition coefficient (Wildman–Crippen LogP) is 2.91. The lowest BCUT2D eigenvalue weighted by atomic mass is 10.3. The van der Waals surface area contributed by atoms with Crippen molar-refractivity contribution >= 4 is 5.69 Å². The smallest absolute Gasteiger partial charge is 0.182 e. The summed E-state index contributed by atoms with van der Waals surface area (Å²) in [7, 11) is 0. The van der Waals surface area contributed by atoms with Crippen molar-refractivity contribution in [3.63, 3.8) is 0 Å². The number of benzene rings is 1. The van der Waals surface area contributed by atoms with E-state index in [0.717, 1.165) is 6.07 Å². The topological polar surface area (TPSA) is 30.5 Å². The van der Waals surface area contributed by atoms with Crippen LogP contribution in [-0.2, 0) is 9.47 Å². The molecular weight excluding hydrogens is 247 g/mol. The van der Waals surface area contributed by atoms with Crippen LogP contribution in [0.4, 0.5) is 18.9 Å². The SMILES string of the molecule is CCOC(CNc1cc(F)cc(F)c1F)OCC. The van der Waals surface area contributed by atoms with Crippen LogP contribution in [0.5, 0.6) is 0 Å². The summed E-state index contributed by atoms with van der Waals surface area (Å²) in [6.07, 6.45) is -0.592. The molecule has 0 bridgehead atoms. The van der Waals surface area contributed by atoms with Crippen molar-refractivity contribution in [1.29, 1.82) is 0 Å². The van der Waals surface area contributed by atoms with E-state index < -0.39 is 23.7 Å². The Labute approximate surface area is 104 Å². The third kappa shape index (κ3) is 4.19. The molecular formula is C12H16F3NO2. The molecule has 0 heterocycles. The Balaban J connectivity index is 2.66. The summed E-state index contributed by atoms with van der Waals surface area (Å²) in [6.45, 7) is 4.52. The Morgan fingerprint density at radius 1 is 1.11 bits per heavy atom. The molecule has 0 amide bonds. The van der Waals surface area contributed by atoms with E-state index in [4.69, 9.17) is 9.47 Å². The number of halogens is 3. The van der Waals surface area contributed by atoms with Crippen molar-refractivity contribution in [3.8, 4) is 0 Å². The largest absolute Gasteiger partial charge is 0.377 e. The first kappa shape index (κ1) is 14.8. The first-order valence-corrected chi connectivity index (χ1v) is 5.70. The standard InChI is InChI=1S/C12H16F3NO2/c1-3-17-11(18-4-2)7-16-10-6-8(13)5-9(14)12(10)15/h5-6,11,16H,3-4,7H2,1-2H3. The molecule has 0 aliphatic rings. The van der Waals surface area contributed by atoms with E-state index in [2.05, 4.69) is 5.32 Å². The summed E-state index contributed by atoms with van der Waals surface area (Å²) in [5.74, 6) is -3.20. The molecule has 1 aromatic carbocycles. The molecule has 18 heavy (non-hydrogen) atoms. The zero-order valence-electron chi connectivity index (χ0n) is 10.3. The van der Waals surface area contributed by atoms with Gasteiger partial charge in [0.05, 0.1) is 12.2 Å². The van der Waals surface area contributed by atoms with Gasteiger partial charge in [-0.2, -0.15) is 0 Å². The van der Waals surface area contributed by atoms with Gasteiger partial charge in [-0.05, 0) is 13.8 Å². The van der Waals surface area contributed by atoms with Crippen LogP contribution in [0.3, 0.4) is 0 Å². The van der Waals surface area contributed by atoms with Crippen LogP contribution in [0, 0.1) is 17.5 Å². The van der Waals surface area contributed by atoms with Crippen molar-refractivity contribution in [2.45, 2.75) is 20.1 Å². The second-order valence-electron chi connectivity index (χ2n) is 3.47. The van der Waals surface area contributed by atoms with E-state index in [-0.39, 0.29) is 12.2 Å². The van der Waals surface area contributed by atoms with E-state index in [1.807, 2.05) is 0 Å². The Morgan fingerprint density at radius 3 is 2.28 bits per heavy atom. The highest BCUT2D eigenvalue weighted by Gasteiger charge is 2.13. The van der Waals surface area contributed by atoms with Crippen LogP contribution in [0.1, 0.15) is 13.8 Å².